The van der Waals surface area contributed by atoms with Crippen molar-refractivity contribution in [2.75, 3.05) is 27.2 Å². The molecule has 6 heteroatoms. The monoisotopic (exact) mass is 376 g/mol. The molecule has 2 rings (SSSR count). The van der Waals surface area contributed by atoms with Crippen molar-refractivity contribution in [3.8, 4) is 0 Å². The molecule has 3 nitrogen and oxygen atoms in total. The Labute approximate surface area is 157 Å². The highest BCUT2D eigenvalue weighted by Gasteiger charge is 2.29. The average molecular weight is 376 g/mol. The molecule has 0 saturated heterocycles. The van der Waals surface area contributed by atoms with Gasteiger partial charge in [0.1, 0.15) is 0 Å². The van der Waals surface area contributed by atoms with Crippen molar-refractivity contribution in [1.29, 1.82) is 0 Å². The fraction of sp³-hybridized carbons (Fsp3) is 0.286. The lowest BCUT2D eigenvalue weighted by atomic mass is 10.1. The molecular formula is C21H23F3N2O. The van der Waals surface area contributed by atoms with Crippen LogP contribution in [0.5, 0.6) is 0 Å². The molecule has 0 N–H and O–H groups in total. The van der Waals surface area contributed by atoms with Crippen molar-refractivity contribution in [3.63, 3.8) is 0 Å². The summed E-state index contributed by atoms with van der Waals surface area (Å²) in [5, 5.41) is 0. The van der Waals surface area contributed by atoms with Crippen LogP contribution in [-0.4, -0.2) is 42.9 Å². The summed E-state index contributed by atoms with van der Waals surface area (Å²) < 4.78 is 37.8. The number of halogens is 3. The van der Waals surface area contributed by atoms with E-state index in [0.717, 1.165) is 17.7 Å². The Morgan fingerprint density at radius 3 is 2.15 bits per heavy atom. The molecule has 0 unspecified atom stereocenters. The molecule has 0 aliphatic heterocycles. The third-order valence-electron chi connectivity index (χ3n) is 4.00. The molecule has 0 aliphatic rings. The second kappa shape index (κ2) is 9.37. The van der Waals surface area contributed by atoms with Gasteiger partial charge in [-0.05, 0) is 43.4 Å². The van der Waals surface area contributed by atoms with Gasteiger partial charge in [-0.25, -0.2) is 0 Å². The topological polar surface area (TPSA) is 23.6 Å². The summed E-state index contributed by atoms with van der Waals surface area (Å²) in [6.45, 7) is 1.75. The maximum Gasteiger partial charge on any atom is 0.416 e. The quantitative estimate of drug-likeness (QED) is 0.673. The molecule has 2 aromatic carbocycles. The van der Waals surface area contributed by atoms with E-state index in [9.17, 15) is 18.0 Å². The fourth-order valence-corrected chi connectivity index (χ4v) is 2.45. The van der Waals surface area contributed by atoms with Gasteiger partial charge in [0.05, 0.1) is 5.56 Å². The number of benzene rings is 2. The van der Waals surface area contributed by atoms with Crippen LogP contribution in [0.1, 0.15) is 16.7 Å². The molecule has 0 aromatic heterocycles. The maximum absolute atomic E-state index is 12.6. The minimum Gasteiger partial charge on any atom is -0.334 e. The molecule has 0 atom stereocenters. The summed E-state index contributed by atoms with van der Waals surface area (Å²) in [6.07, 6.45) is -1.42. The lowest BCUT2D eigenvalue weighted by Crippen LogP contribution is -2.35. The van der Waals surface area contributed by atoms with E-state index in [1.807, 2.05) is 49.3 Å². The molecule has 2 aromatic rings. The molecule has 0 aliphatic carbocycles. The van der Waals surface area contributed by atoms with Gasteiger partial charge in [0.25, 0.3) is 0 Å². The van der Waals surface area contributed by atoms with E-state index < -0.39 is 11.7 Å². The summed E-state index contributed by atoms with van der Waals surface area (Å²) in [4.78, 5) is 16.3. The Hall–Kier alpha value is -2.60. The van der Waals surface area contributed by atoms with Gasteiger partial charge in [-0.1, -0.05) is 42.5 Å². The van der Waals surface area contributed by atoms with E-state index in [1.165, 1.54) is 24.3 Å². The summed E-state index contributed by atoms with van der Waals surface area (Å²) in [5.41, 5.74) is 0.860. The summed E-state index contributed by atoms with van der Waals surface area (Å²) in [6, 6.07) is 14.4. The average Bonchev–Trinajstić information content (AvgIpc) is 2.63. The number of alkyl halides is 3. The molecule has 0 heterocycles. The number of hydrogen-bond donors (Lipinski definition) is 0. The molecule has 27 heavy (non-hydrogen) atoms. The molecule has 144 valence electrons. The van der Waals surface area contributed by atoms with Crippen molar-refractivity contribution in [3.05, 3.63) is 77.4 Å². The number of hydrogen-bond acceptors (Lipinski definition) is 2. The zero-order valence-corrected chi connectivity index (χ0v) is 15.4. The van der Waals surface area contributed by atoms with Crippen molar-refractivity contribution >= 4 is 12.0 Å². The van der Waals surface area contributed by atoms with Gasteiger partial charge >= 0.3 is 6.18 Å². The van der Waals surface area contributed by atoms with E-state index in [2.05, 4.69) is 0 Å². The number of carbonyl (C=O) groups is 1. The van der Waals surface area contributed by atoms with Crippen molar-refractivity contribution in [2.24, 2.45) is 0 Å². The number of nitrogens with zero attached hydrogens (tertiary/aromatic N) is 2. The normalized spacial score (nSPS) is 11.9. The first-order chi connectivity index (χ1) is 12.8. The predicted molar refractivity (Wildman–Crippen MR) is 101 cm³/mol. The van der Waals surface area contributed by atoms with Crippen LogP contribution in [0.2, 0.25) is 0 Å². The zero-order valence-electron chi connectivity index (χ0n) is 15.4. The Kier molecular flexibility index (Phi) is 7.19. The zero-order chi connectivity index (χ0) is 19.9. The highest BCUT2D eigenvalue weighted by molar-refractivity contribution is 5.91. The van der Waals surface area contributed by atoms with E-state index in [-0.39, 0.29) is 5.91 Å². The Balaban J connectivity index is 2.08. The second-order valence-electron chi connectivity index (χ2n) is 6.50. The summed E-state index contributed by atoms with van der Waals surface area (Å²) in [5.74, 6) is -0.180. The van der Waals surface area contributed by atoms with Gasteiger partial charge in [0.15, 0.2) is 0 Å². The third kappa shape index (κ3) is 6.90. The molecule has 1 amide bonds. The number of carbonyl (C=O) groups excluding carboxylic acids is 1. The molecule has 0 spiro atoms. The number of amides is 1. The van der Waals surface area contributed by atoms with E-state index in [0.29, 0.717) is 25.2 Å². The van der Waals surface area contributed by atoms with Gasteiger partial charge < -0.3 is 9.80 Å². The molecule has 0 saturated carbocycles. The van der Waals surface area contributed by atoms with Gasteiger partial charge in [0, 0.05) is 25.7 Å². The summed E-state index contributed by atoms with van der Waals surface area (Å²) >= 11 is 0. The first-order valence-electron chi connectivity index (χ1n) is 8.58. The van der Waals surface area contributed by atoms with Crippen LogP contribution in [0.15, 0.2) is 60.7 Å². The fourth-order valence-electron chi connectivity index (χ4n) is 2.45. The van der Waals surface area contributed by atoms with Crippen LogP contribution in [0, 0.1) is 0 Å². The highest BCUT2D eigenvalue weighted by atomic mass is 19.4. The lowest BCUT2D eigenvalue weighted by Gasteiger charge is -2.23. The predicted octanol–water partition coefficient (Wildman–Crippen LogP) is 4.31. The SMILES string of the molecule is CN(C)CCN(Cc1ccccc1)C(=O)/C=C/c1ccc(C(F)(F)F)cc1. The molecule has 0 fully saturated rings. The van der Waals surface area contributed by atoms with Crippen LogP contribution >= 0.6 is 0 Å². The van der Waals surface area contributed by atoms with Crippen LogP contribution < -0.4 is 0 Å². The Morgan fingerprint density at radius 2 is 1.59 bits per heavy atom. The first kappa shape index (κ1) is 20.7. The number of likely N-dealkylation sites (N-methyl/N-ethyl adjacent to an activating group) is 1. The van der Waals surface area contributed by atoms with Crippen LogP contribution in [0.3, 0.4) is 0 Å². The molecule has 0 radical (unpaired) electrons. The van der Waals surface area contributed by atoms with Crippen LogP contribution in [0.25, 0.3) is 6.08 Å². The minimum atomic E-state index is -4.36. The van der Waals surface area contributed by atoms with Gasteiger partial charge in [-0.2, -0.15) is 13.2 Å². The van der Waals surface area contributed by atoms with Gasteiger partial charge in [-0.15, -0.1) is 0 Å². The van der Waals surface area contributed by atoms with E-state index in [1.54, 1.807) is 4.90 Å². The minimum absolute atomic E-state index is 0.180. The Bertz CT molecular complexity index is 753. The van der Waals surface area contributed by atoms with Crippen molar-refractivity contribution in [1.82, 2.24) is 9.80 Å². The summed E-state index contributed by atoms with van der Waals surface area (Å²) in [7, 11) is 3.87. The standard InChI is InChI=1S/C21H23F3N2O/c1-25(2)14-15-26(16-18-6-4-3-5-7-18)20(27)13-10-17-8-11-19(12-9-17)21(22,23)24/h3-13H,14-16H2,1-2H3/b13-10+. The van der Waals surface area contributed by atoms with Gasteiger partial charge in [0.2, 0.25) is 5.91 Å². The maximum atomic E-state index is 12.6. The van der Waals surface area contributed by atoms with Crippen LogP contribution in [-0.2, 0) is 17.5 Å². The first-order valence-corrected chi connectivity index (χ1v) is 8.58. The third-order valence-corrected chi connectivity index (χ3v) is 4.00. The van der Waals surface area contributed by atoms with Crippen molar-refractivity contribution < 1.29 is 18.0 Å². The largest absolute Gasteiger partial charge is 0.416 e. The van der Waals surface area contributed by atoms with Crippen molar-refractivity contribution in [2.45, 2.75) is 12.7 Å². The highest BCUT2D eigenvalue weighted by Crippen LogP contribution is 2.29. The van der Waals surface area contributed by atoms with E-state index in [4.69, 9.17) is 0 Å². The molecule has 0 bridgehead atoms. The van der Waals surface area contributed by atoms with Gasteiger partial charge in [-0.3, -0.25) is 4.79 Å². The lowest BCUT2D eigenvalue weighted by molar-refractivity contribution is -0.137. The number of rotatable bonds is 7. The molecular weight excluding hydrogens is 353 g/mol. The second-order valence-corrected chi connectivity index (χ2v) is 6.50. The van der Waals surface area contributed by atoms with Crippen LogP contribution in [0.4, 0.5) is 13.2 Å². The van der Waals surface area contributed by atoms with E-state index >= 15 is 0 Å². The smallest absolute Gasteiger partial charge is 0.334 e. The Morgan fingerprint density at radius 1 is 0.963 bits per heavy atom.